The fraction of sp³-hybridized carbons (Fsp3) is 0.938. The largest absolute Gasteiger partial charge is 0.354 e. The third kappa shape index (κ3) is 5.06. The Morgan fingerprint density at radius 2 is 1.95 bits per heavy atom. The molecule has 1 aliphatic rings. The number of nitrogens with one attached hydrogen (secondary N) is 1. The summed E-state index contributed by atoms with van der Waals surface area (Å²) in [5.74, 6) is 0.800. The molecule has 1 rings (SSSR count). The van der Waals surface area contributed by atoms with Crippen LogP contribution >= 0.6 is 0 Å². The zero-order valence-corrected chi connectivity index (χ0v) is 13.6. The average Bonchev–Trinajstić information content (AvgIpc) is 2.91. The second-order valence-electron chi connectivity index (χ2n) is 6.49. The minimum Gasteiger partial charge on any atom is -0.354 e. The number of likely N-dealkylation sites (N-methyl/N-ethyl adjacent to an activating group) is 1. The lowest BCUT2D eigenvalue weighted by Crippen LogP contribution is -2.50. The molecule has 0 saturated heterocycles. The molecule has 0 radical (unpaired) electrons. The van der Waals surface area contributed by atoms with Gasteiger partial charge in [0, 0.05) is 18.5 Å². The molecule has 0 aromatic rings. The van der Waals surface area contributed by atoms with Gasteiger partial charge < -0.3 is 16.0 Å². The Morgan fingerprint density at radius 1 is 1.30 bits per heavy atom. The highest BCUT2D eigenvalue weighted by Crippen LogP contribution is 2.33. The first kappa shape index (κ1) is 17.4. The number of carbonyl (C=O) groups is 1. The van der Waals surface area contributed by atoms with Gasteiger partial charge in [0.15, 0.2) is 0 Å². The van der Waals surface area contributed by atoms with Crippen molar-refractivity contribution in [2.75, 3.05) is 27.2 Å². The summed E-state index contributed by atoms with van der Waals surface area (Å²) in [6, 6.07) is 0. The van der Waals surface area contributed by atoms with Gasteiger partial charge in [0.2, 0.25) is 5.91 Å². The number of hydrogen-bond acceptors (Lipinski definition) is 3. The van der Waals surface area contributed by atoms with E-state index in [4.69, 9.17) is 5.73 Å². The summed E-state index contributed by atoms with van der Waals surface area (Å²) in [4.78, 5) is 14.3. The predicted octanol–water partition coefficient (Wildman–Crippen LogP) is 2.13. The van der Waals surface area contributed by atoms with Gasteiger partial charge in [-0.2, -0.15) is 0 Å². The van der Waals surface area contributed by atoms with Crippen molar-refractivity contribution in [3.05, 3.63) is 0 Å². The number of nitrogens with two attached hydrogens (primary N) is 1. The van der Waals surface area contributed by atoms with Crippen LogP contribution in [0.3, 0.4) is 0 Å². The van der Waals surface area contributed by atoms with E-state index in [9.17, 15) is 4.79 Å². The van der Waals surface area contributed by atoms with E-state index < -0.39 is 0 Å². The van der Waals surface area contributed by atoms with E-state index in [1.807, 2.05) is 0 Å². The molecule has 20 heavy (non-hydrogen) atoms. The molecular weight excluding hydrogens is 250 g/mol. The molecule has 1 fully saturated rings. The number of nitrogens with zero attached hydrogens (tertiary/aromatic N) is 1. The molecule has 0 bridgehead atoms. The summed E-state index contributed by atoms with van der Waals surface area (Å²) >= 11 is 0. The minimum atomic E-state index is 0.192. The summed E-state index contributed by atoms with van der Waals surface area (Å²) in [6.45, 7) is 3.70. The van der Waals surface area contributed by atoms with Gasteiger partial charge in [0.05, 0.1) is 0 Å². The van der Waals surface area contributed by atoms with Crippen molar-refractivity contribution in [2.24, 2.45) is 11.7 Å². The fourth-order valence-electron chi connectivity index (χ4n) is 3.29. The highest BCUT2D eigenvalue weighted by molar-refractivity contribution is 5.75. The van der Waals surface area contributed by atoms with E-state index in [-0.39, 0.29) is 11.4 Å². The Hall–Kier alpha value is -0.610. The standard InChI is InChI=1S/C16H33N3O/c1-4-14(9-12-17)7-8-15(20)18-13-16(19(2)3)10-5-6-11-16/h14H,4-13,17H2,1-3H3,(H,18,20). The Morgan fingerprint density at radius 3 is 2.45 bits per heavy atom. The molecule has 3 N–H and O–H groups in total. The normalized spacial score (nSPS) is 19.2. The third-order valence-electron chi connectivity index (χ3n) is 5.03. The first-order valence-electron chi connectivity index (χ1n) is 8.18. The molecule has 4 nitrogen and oxygen atoms in total. The van der Waals surface area contributed by atoms with Crippen molar-refractivity contribution >= 4 is 5.91 Å². The zero-order valence-electron chi connectivity index (χ0n) is 13.6. The van der Waals surface area contributed by atoms with Gasteiger partial charge in [0.25, 0.3) is 0 Å². The lowest BCUT2D eigenvalue weighted by Gasteiger charge is -2.36. The molecule has 118 valence electrons. The topological polar surface area (TPSA) is 58.4 Å². The summed E-state index contributed by atoms with van der Waals surface area (Å²) in [5.41, 5.74) is 5.79. The second-order valence-corrected chi connectivity index (χ2v) is 6.49. The van der Waals surface area contributed by atoms with Crippen molar-refractivity contribution in [3.8, 4) is 0 Å². The van der Waals surface area contributed by atoms with Crippen molar-refractivity contribution in [3.63, 3.8) is 0 Å². The minimum absolute atomic E-state index is 0.192. The molecule has 1 saturated carbocycles. The molecule has 0 spiro atoms. The van der Waals surface area contributed by atoms with Crippen molar-refractivity contribution < 1.29 is 4.79 Å². The Bertz CT molecular complexity index is 285. The molecule has 0 heterocycles. The summed E-state index contributed by atoms with van der Waals surface area (Å²) in [6.07, 6.45) is 8.72. The lowest BCUT2D eigenvalue weighted by molar-refractivity contribution is -0.122. The van der Waals surface area contributed by atoms with Crippen LogP contribution in [0.4, 0.5) is 0 Å². The van der Waals surface area contributed by atoms with Gasteiger partial charge in [0.1, 0.15) is 0 Å². The highest BCUT2D eigenvalue weighted by atomic mass is 16.1. The monoisotopic (exact) mass is 283 g/mol. The smallest absolute Gasteiger partial charge is 0.220 e. The van der Waals surface area contributed by atoms with Crippen LogP contribution in [-0.2, 0) is 4.79 Å². The van der Waals surface area contributed by atoms with E-state index in [1.54, 1.807) is 0 Å². The van der Waals surface area contributed by atoms with Crippen LogP contribution < -0.4 is 11.1 Å². The van der Waals surface area contributed by atoms with Crippen molar-refractivity contribution in [2.45, 2.75) is 63.8 Å². The van der Waals surface area contributed by atoms with Gasteiger partial charge in [-0.3, -0.25) is 4.79 Å². The van der Waals surface area contributed by atoms with Crippen LogP contribution in [-0.4, -0.2) is 43.5 Å². The Kier molecular flexibility index (Phi) is 7.52. The van der Waals surface area contributed by atoms with Crippen LogP contribution in [0.25, 0.3) is 0 Å². The molecule has 0 aromatic carbocycles. The maximum Gasteiger partial charge on any atom is 0.220 e. The van der Waals surface area contributed by atoms with Crippen LogP contribution in [0.2, 0.25) is 0 Å². The molecule has 0 aromatic heterocycles. The molecule has 1 aliphatic carbocycles. The van der Waals surface area contributed by atoms with E-state index in [2.05, 4.69) is 31.2 Å². The SMILES string of the molecule is CCC(CCN)CCC(=O)NCC1(N(C)C)CCCC1. The lowest BCUT2D eigenvalue weighted by atomic mass is 9.95. The second kappa shape index (κ2) is 8.63. The molecule has 1 amide bonds. The number of carbonyl (C=O) groups excluding carboxylic acids is 1. The zero-order chi connectivity index (χ0) is 15.0. The first-order chi connectivity index (χ1) is 9.54. The Labute approximate surface area is 124 Å². The van der Waals surface area contributed by atoms with Gasteiger partial charge in [-0.1, -0.05) is 26.2 Å². The van der Waals surface area contributed by atoms with Gasteiger partial charge in [-0.05, 0) is 52.2 Å². The number of hydrogen-bond donors (Lipinski definition) is 2. The molecule has 1 unspecified atom stereocenters. The van der Waals surface area contributed by atoms with Gasteiger partial charge >= 0.3 is 0 Å². The summed E-state index contributed by atoms with van der Waals surface area (Å²) in [5, 5.41) is 3.16. The quantitative estimate of drug-likeness (QED) is 0.681. The molecule has 4 heteroatoms. The molecule has 0 aliphatic heterocycles. The number of amides is 1. The Balaban J connectivity index is 2.31. The first-order valence-corrected chi connectivity index (χ1v) is 8.18. The van der Waals surface area contributed by atoms with Gasteiger partial charge in [-0.25, -0.2) is 0 Å². The van der Waals surface area contributed by atoms with E-state index in [0.717, 1.165) is 32.4 Å². The van der Waals surface area contributed by atoms with E-state index in [1.165, 1.54) is 25.7 Å². The molecular formula is C16H33N3O. The highest BCUT2D eigenvalue weighted by Gasteiger charge is 2.35. The third-order valence-corrected chi connectivity index (χ3v) is 5.03. The summed E-state index contributed by atoms with van der Waals surface area (Å²) < 4.78 is 0. The predicted molar refractivity (Wildman–Crippen MR) is 84.6 cm³/mol. The van der Waals surface area contributed by atoms with Crippen LogP contribution in [0.5, 0.6) is 0 Å². The van der Waals surface area contributed by atoms with Crippen LogP contribution in [0.15, 0.2) is 0 Å². The number of rotatable bonds is 9. The van der Waals surface area contributed by atoms with Crippen LogP contribution in [0.1, 0.15) is 58.3 Å². The van der Waals surface area contributed by atoms with Crippen LogP contribution in [0, 0.1) is 5.92 Å². The van der Waals surface area contributed by atoms with Crippen molar-refractivity contribution in [1.82, 2.24) is 10.2 Å². The fourth-order valence-corrected chi connectivity index (χ4v) is 3.29. The summed E-state index contributed by atoms with van der Waals surface area (Å²) in [7, 11) is 4.26. The van der Waals surface area contributed by atoms with E-state index >= 15 is 0 Å². The van der Waals surface area contributed by atoms with Gasteiger partial charge in [-0.15, -0.1) is 0 Å². The molecule has 1 atom stereocenters. The maximum absolute atomic E-state index is 12.0. The average molecular weight is 283 g/mol. The van der Waals surface area contributed by atoms with E-state index in [0.29, 0.717) is 12.3 Å². The van der Waals surface area contributed by atoms with Crippen molar-refractivity contribution in [1.29, 1.82) is 0 Å². The maximum atomic E-state index is 12.0.